The maximum atomic E-state index is 3.70. The largest absolute Gasteiger partial charge is 0.310 e. The highest BCUT2D eigenvalue weighted by molar-refractivity contribution is 5.37. The smallest absolute Gasteiger partial charge is 0.0213 e. The number of hydrogen-bond donors (Lipinski definition) is 1. The van der Waals surface area contributed by atoms with E-state index in [-0.39, 0.29) is 0 Å². The van der Waals surface area contributed by atoms with Crippen LogP contribution in [0, 0.1) is 26.7 Å². The summed E-state index contributed by atoms with van der Waals surface area (Å²) in [5.74, 6) is 0.788. The highest BCUT2D eigenvalue weighted by Gasteiger charge is 2.13. The third kappa shape index (κ3) is 3.84. The van der Waals surface area contributed by atoms with Gasteiger partial charge in [-0.15, -0.1) is 0 Å². The molecule has 18 heavy (non-hydrogen) atoms. The van der Waals surface area contributed by atoms with Gasteiger partial charge in [0.15, 0.2) is 0 Å². The van der Waals surface area contributed by atoms with Crippen LogP contribution in [-0.2, 0) is 6.54 Å². The Bertz CT molecular complexity index is 354. The second kappa shape index (κ2) is 6.94. The second-order valence-electron chi connectivity index (χ2n) is 5.62. The van der Waals surface area contributed by atoms with Crippen molar-refractivity contribution in [3.63, 3.8) is 0 Å². The summed E-state index contributed by atoms with van der Waals surface area (Å²) in [5, 5.41) is 3.70. The number of nitrogens with one attached hydrogen (secondary N) is 1. The molecule has 0 aliphatic heterocycles. The molecule has 0 saturated carbocycles. The van der Waals surface area contributed by atoms with Crippen LogP contribution >= 0.6 is 0 Å². The minimum Gasteiger partial charge on any atom is -0.310 e. The van der Waals surface area contributed by atoms with Gasteiger partial charge in [-0.25, -0.2) is 0 Å². The predicted molar refractivity (Wildman–Crippen MR) is 81.0 cm³/mol. The van der Waals surface area contributed by atoms with Gasteiger partial charge < -0.3 is 5.32 Å². The summed E-state index contributed by atoms with van der Waals surface area (Å²) in [6.07, 6.45) is 2.52. The van der Waals surface area contributed by atoms with E-state index in [9.17, 15) is 0 Å². The van der Waals surface area contributed by atoms with E-state index in [4.69, 9.17) is 0 Å². The predicted octanol–water partition coefficient (Wildman–Crippen LogP) is 4.53. The first-order chi connectivity index (χ1) is 8.49. The molecule has 1 atom stereocenters. The van der Waals surface area contributed by atoms with Gasteiger partial charge in [0.1, 0.15) is 0 Å². The lowest BCUT2D eigenvalue weighted by atomic mass is 9.94. The van der Waals surface area contributed by atoms with Crippen LogP contribution in [0.15, 0.2) is 12.1 Å². The molecule has 1 heteroatoms. The zero-order valence-corrected chi connectivity index (χ0v) is 12.9. The molecule has 0 amide bonds. The van der Waals surface area contributed by atoms with E-state index in [1.807, 2.05) is 0 Å². The maximum Gasteiger partial charge on any atom is 0.0213 e. The van der Waals surface area contributed by atoms with Gasteiger partial charge in [-0.1, -0.05) is 44.4 Å². The van der Waals surface area contributed by atoms with Crippen molar-refractivity contribution in [2.24, 2.45) is 5.92 Å². The standard InChI is InChI=1S/C17H29N/c1-7-16(8-2)15(6)18-11-17-13(4)9-12(3)10-14(17)5/h9-10,15-16,18H,7-8,11H2,1-6H3. The fraction of sp³-hybridized carbons (Fsp3) is 0.647. The molecule has 0 spiro atoms. The van der Waals surface area contributed by atoms with Crippen molar-refractivity contribution in [2.45, 2.75) is 67.0 Å². The molecule has 1 unspecified atom stereocenters. The number of benzene rings is 1. The summed E-state index contributed by atoms with van der Waals surface area (Å²) < 4.78 is 0. The molecular weight excluding hydrogens is 218 g/mol. The van der Waals surface area contributed by atoms with Crippen molar-refractivity contribution in [2.75, 3.05) is 0 Å². The SMILES string of the molecule is CCC(CC)C(C)NCc1c(C)cc(C)cc1C. The van der Waals surface area contributed by atoms with Gasteiger partial charge in [-0.2, -0.15) is 0 Å². The van der Waals surface area contributed by atoms with E-state index in [1.165, 1.54) is 35.1 Å². The molecule has 0 heterocycles. The van der Waals surface area contributed by atoms with Gasteiger partial charge in [0.05, 0.1) is 0 Å². The molecule has 0 fully saturated rings. The van der Waals surface area contributed by atoms with E-state index in [1.54, 1.807) is 0 Å². The first-order valence-electron chi connectivity index (χ1n) is 7.29. The van der Waals surface area contributed by atoms with Crippen molar-refractivity contribution in [3.05, 3.63) is 34.4 Å². The van der Waals surface area contributed by atoms with E-state index < -0.39 is 0 Å². The summed E-state index contributed by atoms with van der Waals surface area (Å²) in [4.78, 5) is 0. The zero-order chi connectivity index (χ0) is 13.7. The van der Waals surface area contributed by atoms with Crippen LogP contribution in [0.2, 0.25) is 0 Å². The number of rotatable bonds is 6. The molecule has 0 aromatic heterocycles. The molecule has 0 aliphatic rings. The van der Waals surface area contributed by atoms with E-state index in [0.717, 1.165) is 12.5 Å². The van der Waals surface area contributed by atoms with Crippen LogP contribution < -0.4 is 5.32 Å². The minimum atomic E-state index is 0.597. The number of hydrogen-bond acceptors (Lipinski definition) is 1. The molecule has 1 aromatic rings. The van der Waals surface area contributed by atoms with E-state index >= 15 is 0 Å². The first kappa shape index (κ1) is 15.2. The second-order valence-corrected chi connectivity index (χ2v) is 5.62. The van der Waals surface area contributed by atoms with E-state index in [0.29, 0.717) is 6.04 Å². The molecule has 1 aromatic carbocycles. The molecule has 1 nitrogen and oxygen atoms in total. The highest BCUT2D eigenvalue weighted by atomic mass is 14.9. The topological polar surface area (TPSA) is 12.0 Å². The monoisotopic (exact) mass is 247 g/mol. The van der Waals surface area contributed by atoms with Gasteiger partial charge in [0, 0.05) is 12.6 Å². The molecule has 0 aliphatic carbocycles. The Morgan fingerprint density at radius 3 is 1.94 bits per heavy atom. The van der Waals surface area contributed by atoms with Crippen molar-refractivity contribution in [1.82, 2.24) is 5.32 Å². The van der Waals surface area contributed by atoms with E-state index in [2.05, 4.69) is 59.0 Å². The van der Waals surface area contributed by atoms with Crippen LogP contribution in [0.1, 0.15) is 55.9 Å². The van der Waals surface area contributed by atoms with Crippen LogP contribution in [0.4, 0.5) is 0 Å². The Kier molecular flexibility index (Phi) is 5.87. The van der Waals surface area contributed by atoms with Crippen molar-refractivity contribution in [3.8, 4) is 0 Å². The Morgan fingerprint density at radius 2 is 1.50 bits per heavy atom. The van der Waals surface area contributed by atoms with Gasteiger partial charge in [0.2, 0.25) is 0 Å². The zero-order valence-electron chi connectivity index (χ0n) is 12.9. The van der Waals surface area contributed by atoms with Gasteiger partial charge in [-0.3, -0.25) is 0 Å². The Hall–Kier alpha value is -0.820. The Labute approximate surface area is 113 Å². The van der Waals surface area contributed by atoms with Crippen LogP contribution in [0.5, 0.6) is 0 Å². The van der Waals surface area contributed by atoms with Crippen LogP contribution in [0.25, 0.3) is 0 Å². The third-order valence-electron chi connectivity index (χ3n) is 4.20. The van der Waals surface area contributed by atoms with Crippen LogP contribution in [0.3, 0.4) is 0 Å². The summed E-state index contributed by atoms with van der Waals surface area (Å²) >= 11 is 0. The number of aryl methyl sites for hydroxylation is 3. The summed E-state index contributed by atoms with van der Waals surface area (Å²) in [7, 11) is 0. The average molecular weight is 247 g/mol. The normalized spacial score (nSPS) is 13.1. The quantitative estimate of drug-likeness (QED) is 0.779. The molecule has 102 valence electrons. The highest BCUT2D eigenvalue weighted by Crippen LogP contribution is 2.18. The van der Waals surface area contributed by atoms with Gasteiger partial charge in [0.25, 0.3) is 0 Å². The summed E-state index contributed by atoms with van der Waals surface area (Å²) in [6.45, 7) is 14.5. The molecule has 0 radical (unpaired) electrons. The van der Waals surface area contributed by atoms with Crippen LogP contribution in [-0.4, -0.2) is 6.04 Å². The minimum absolute atomic E-state index is 0.597. The van der Waals surface area contributed by atoms with Gasteiger partial charge >= 0.3 is 0 Å². The lowest BCUT2D eigenvalue weighted by molar-refractivity contribution is 0.352. The molecule has 1 rings (SSSR count). The summed E-state index contributed by atoms with van der Waals surface area (Å²) in [6, 6.07) is 5.16. The Balaban J connectivity index is 2.69. The maximum absolute atomic E-state index is 3.70. The Morgan fingerprint density at radius 1 is 1.00 bits per heavy atom. The molecule has 1 N–H and O–H groups in total. The molecule has 0 saturated heterocycles. The molecular formula is C17H29N. The van der Waals surface area contributed by atoms with Crippen molar-refractivity contribution in [1.29, 1.82) is 0 Å². The lowest BCUT2D eigenvalue weighted by Crippen LogP contribution is -2.33. The van der Waals surface area contributed by atoms with Crippen molar-refractivity contribution >= 4 is 0 Å². The fourth-order valence-electron chi connectivity index (χ4n) is 2.91. The average Bonchev–Trinajstić information content (AvgIpc) is 2.29. The molecule has 0 bridgehead atoms. The van der Waals surface area contributed by atoms with Crippen molar-refractivity contribution < 1.29 is 0 Å². The first-order valence-corrected chi connectivity index (χ1v) is 7.29. The fourth-order valence-corrected chi connectivity index (χ4v) is 2.91. The lowest BCUT2D eigenvalue weighted by Gasteiger charge is -2.23. The van der Waals surface area contributed by atoms with Gasteiger partial charge in [-0.05, 0) is 50.3 Å². The summed E-state index contributed by atoms with van der Waals surface area (Å²) in [5.41, 5.74) is 5.66. The third-order valence-corrected chi connectivity index (χ3v) is 4.20.